The zero-order chi connectivity index (χ0) is 40.8. The molecule has 0 aliphatic carbocycles. The minimum absolute atomic E-state index is 0.0704. The molecule has 6 nitrogen and oxygen atoms in total. The van der Waals surface area contributed by atoms with Crippen LogP contribution in [0.1, 0.15) is 245 Å². The molecule has 0 amide bonds. The molecule has 0 aromatic rings. The largest absolute Gasteiger partial charge is 0.462 e. The van der Waals surface area contributed by atoms with Crippen molar-refractivity contribution in [2.24, 2.45) is 0 Å². The Morgan fingerprint density at radius 1 is 0.375 bits per heavy atom. The van der Waals surface area contributed by atoms with E-state index in [-0.39, 0.29) is 31.1 Å². The van der Waals surface area contributed by atoms with Crippen LogP contribution in [-0.2, 0) is 28.6 Å². The molecule has 1 atom stereocenters. The molecular weight excluding hydrogens is 697 g/mol. The van der Waals surface area contributed by atoms with Crippen LogP contribution in [0.2, 0.25) is 0 Å². The van der Waals surface area contributed by atoms with Gasteiger partial charge < -0.3 is 14.2 Å². The molecule has 0 spiro atoms. The Morgan fingerprint density at radius 3 is 1.09 bits per heavy atom. The van der Waals surface area contributed by atoms with Gasteiger partial charge >= 0.3 is 17.9 Å². The van der Waals surface area contributed by atoms with E-state index in [1.165, 1.54) is 128 Å². The van der Waals surface area contributed by atoms with Gasteiger partial charge in [0.15, 0.2) is 6.10 Å². The molecule has 0 N–H and O–H groups in total. The van der Waals surface area contributed by atoms with Crippen molar-refractivity contribution < 1.29 is 28.6 Å². The quantitative estimate of drug-likeness (QED) is 0.0265. The van der Waals surface area contributed by atoms with Gasteiger partial charge in [-0.2, -0.15) is 0 Å². The summed E-state index contributed by atoms with van der Waals surface area (Å²) in [5, 5.41) is 0. The molecular formula is C50H90O6. The molecule has 0 aromatic heterocycles. The van der Waals surface area contributed by atoms with Crippen LogP contribution < -0.4 is 0 Å². The highest BCUT2D eigenvalue weighted by Crippen LogP contribution is 2.15. The van der Waals surface area contributed by atoms with Gasteiger partial charge in [0.1, 0.15) is 13.2 Å². The molecule has 0 aliphatic rings. The summed E-state index contributed by atoms with van der Waals surface area (Å²) in [6, 6.07) is 0. The lowest BCUT2D eigenvalue weighted by atomic mass is 10.1. The molecule has 0 aromatic carbocycles. The molecule has 0 aliphatic heterocycles. The molecule has 0 heterocycles. The first-order chi connectivity index (χ1) is 27.5. The smallest absolute Gasteiger partial charge is 0.306 e. The summed E-state index contributed by atoms with van der Waals surface area (Å²) in [6.45, 7) is 6.50. The van der Waals surface area contributed by atoms with Crippen molar-refractivity contribution in [2.45, 2.75) is 252 Å². The molecule has 0 saturated heterocycles. The highest BCUT2D eigenvalue weighted by molar-refractivity contribution is 5.71. The number of hydrogen-bond acceptors (Lipinski definition) is 6. The number of allylic oxidation sites excluding steroid dienone is 6. The van der Waals surface area contributed by atoms with Crippen LogP contribution in [0.4, 0.5) is 0 Å². The first kappa shape index (κ1) is 53.6. The van der Waals surface area contributed by atoms with Gasteiger partial charge in [-0.05, 0) is 51.4 Å². The van der Waals surface area contributed by atoms with Crippen molar-refractivity contribution in [3.8, 4) is 0 Å². The molecule has 1 unspecified atom stereocenters. The molecule has 0 radical (unpaired) electrons. The number of esters is 3. The molecule has 0 rings (SSSR count). The lowest BCUT2D eigenvalue weighted by Crippen LogP contribution is -2.30. The summed E-state index contributed by atoms with van der Waals surface area (Å²) in [4.78, 5) is 37.7. The van der Waals surface area contributed by atoms with Crippen molar-refractivity contribution in [1.29, 1.82) is 0 Å². The van der Waals surface area contributed by atoms with Crippen molar-refractivity contribution in [3.05, 3.63) is 36.5 Å². The van der Waals surface area contributed by atoms with Crippen LogP contribution in [0.15, 0.2) is 36.5 Å². The van der Waals surface area contributed by atoms with Crippen LogP contribution >= 0.6 is 0 Å². The average molecular weight is 787 g/mol. The highest BCUT2D eigenvalue weighted by atomic mass is 16.6. The van der Waals surface area contributed by atoms with E-state index in [0.29, 0.717) is 19.3 Å². The van der Waals surface area contributed by atoms with Gasteiger partial charge in [-0.15, -0.1) is 0 Å². The second-order valence-electron chi connectivity index (χ2n) is 16.0. The molecule has 326 valence electrons. The Labute approximate surface area is 346 Å². The molecule has 0 bridgehead atoms. The van der Waals surface area contributed by atoms with E-state index in [2.05, 4.69) is 57.2 Å². The first-order valence-electron chi connectivity index (χ1n) is 24.0. The van der Waals surface area contributed by atoms with E-state index < -0.39 is 6.10 Å². The van der Waals surface area contributed by atoms with E-state index in [1.54, 1.807) is 0 Å². The first-order valence-corrected chi connectivity index (χ1v) is 24.0. The van der Waals surface area contributed by atoms with Crippen LogP contribution in [-0.4, -0.2) is 37.2 Å². The number of rotatable bonds is 43. The van der Waals surface area contributed by atoms with Crippen molar-refractivity contribution in [2.75, 3.05) is 13.2 Å². The van der Waals surface area contributed by atoms with Gasteiger partial charge in [-0.1, -0.05) is 211 Å². The Kier molecular flexibility index (Phi) is 43.4. The summed E-state index contributed by atoms with van der Waals surface area (Å²) < 4.78 is 16.7. The number of hydrogen-bond donors (Lipinski definition) is 0. The number of unbranched alkanes of at least 4 members (excludes halogenated alkanes) is 26. The number of ether oxygens (including phenoxy) is 3. The van der Waals surface area contributed by atoms with Crippen LogP contribution in [0.3, 0.4) is 0 Å². The van der Waals surface area contributed by atoms with E-state index in [0.717, 1.165) is 77.0 Å². The van der Waals surface area contributed by atoms with Gasteiger partial charge in [-0.25, -0.2) is 0 Å². The maximum absolute atomic E-state index is 12.7. The molecule has 56 heavy (non-hydrogen) atoms. The van der Waals surface area contributed by atoms with Crippen molar-refractivity contribution in [3.63, 3.8) is 0 Å². The van der Waals surface area contributed by atoms with Crippen molar-refractivity contribution in [1.82, 2.24) is 0 Å². The third-order valence-electron chi connectivity index (χ3n) is 10.4. The average Bonchev–Trinajstić information content (AvgIpc) is 3.19. The van der Waals surface area contributed by atoms with Crippen LogP contribution in [0.25, 0.3) is 0 Å². The van der Waals surface area contributed by atoms with Gasteiger partial charge in [0.05, 0.1) is 0 Å². The minimum Gasteiger partial charge on any atom is -0.462 e. The molecule has 6 heteroatoms. The summed E-state index contributed by atoms with van der Waals surface area (Å²) >= 11 is 0. The zero-order valence-corrected chi connectivity index (χ0v) is 37.2. The van der Waals surface area contributed by atoms with Gasteiger partial charge in [0, 0.05) is 19.3 Å². The van der Waals surface area contributed by atoms with Gasteiger partial charge in [0.2, 0.25) is 0 Å². The lowest BCUT2D eigenvalue weighted by molar-refractivity contribution is -0.167. The van der Waals surface area contributed by atoms with E-state index >= 15 is 0 Å². The summed E-state index contributed by atoms with van der Waals surface area (Å²) in [5.74, 6) is -0.875. The normalized spacial score (nSPS) is 12.3. The maximum Gasteiger partial charge on any atom is 0.306 e. The fourth-order valence-electron chi connectivity index (χ4n) is 6.81. The second-order valence-corrected chi connectivity index (χ2v) is 16.0. The minimum atomic E-state index is -0.766. The van der Waals surface area contributed by atoms with Crippen LogP contribution in [0, 0.1) is 0 Å². The van der Waals surface area contributed by atoms with Gasteiger partial charge in [0.25, 0.3) is 0 Å². The number of carbonyl (C=O) groups excluding carboxylic acids is 3. The lowest BCUT2D eigenvalue weighted by Gasteiger charge is -2.18. The topological polar surface area (TPSA) is 78.9 Å². The van der Waals surface area contributed by atoms with Crippen molar-refractivity contribution >= 4 is 17.9 Å². The number of carbonyl (C=O) groups is 3. The van der Waals surface area contributed by atoms with E-state index in [4.69, 9.17) is 14.2 Å². The molecule has 0 fully saturated rings. The predicted octanol–water partition coefficient (Wildman–Crippen LogP) is 15.4. The third-order valence-corrected chi connectivity index (χ3v) is 10.4. The standard InChI is InChI=1S/C50H90O6/c1-4-7-10-13-16-19-21-22-23-24-25-26-27-28-29-32-34-37-40-43-49(52)55-46-47(45-54-48(51)42-39-36-33-30-18-15-12-9-6-3)56-50(53)44-41-38-35-31-20-17-14-11-8-5-2/h7,10,16,19,22-23,47H,4-6,8-9,11-15,17-18,20-21,24-46H2,1-3H3/b10-7-,19-16-,23-22-. The maximum atomic E-state index is 12.7. The third kappa shape index (κ3) is 42.8. The Bertz CT molecular complexity index is 953. The molecule has 0 saturated carbocycles. The SMILES string of the molecule is CC/C=C\C/C=C\C/C=C\CCCCCCCCCCCC(=O)OCC(COC(=O)CCCCCCCCCCC)OC(=O)CCCCCCCCCCCC. The fraction of sp³-hybridized carbons (Fsp3) is 0.820. The summed E-state index contributed by atoms with van der Waals surface area (Å²) in [7, 11) is 0. The highest BCUT2D eigenvalue weighted by Gasteiger charge is 2.19. The van der Waals surface area contributed by atoms with E-state index in [1.807, 2.05) is 0 Å². The second kappa shape index (κ2) is 45.3. The Hall–Kier alpha value is -2.37. The van der Waals surface area contributed by atoms with Crippen LogP contribution in [0.5, 0.6) is 0 Å². The fourth-order valence-corrected chi connectivity index (χ4v) is 6.81. The Balaban J connectivity index is 4.25. The zero-order valence-electron chi connectivity index (χ0n) is 37.2. The predicted molar refractivity (Wildman–Crippen MR) is 238 cm³/mol. The summed E-state index contributed by atoms with van der Waals surface area (Å²) in [6.07, 6.45) is 51.3. The van der Waals surface area contributed by atoms with Gasteiger partial charge in [-0.3, -0.25) is 14.4 Å². The Morgan fingerprint density at radius 2 is 0.696 bits per heavy atom. The van der Waals surface area contributed by atoms with E-state index in [9.17, 15) is 14.4 Å². The summed E-state index contributed by atoms with van der Waals surface area (Å²) in [5.41, 5.74) is 0. The monoisotopic (exact) mass is 787 g/mol.